The van der Waals surface area contributed by atoms with Crippen LogP contribution in [0.5, 0.6) is 17.2 Å². The van der Waals surface area contributed by atoms with Gasteiger partial charge in [-0.15, -0.1) is 0 Å². The van der Waals surface area contributed by atoms with Gasteiger partial charge < -0.3 is 30.2 Å². The Bertz CT molecular complexity index is 1220. The molecule has 0 saturated heterocycles. The van der Waals surface area contributed by atoms with Crippen molar-refractivity contribution in [1.82, 2.24) is 0 Å². The molecule has 0 bridgehead atoms. The number of thiocarbonyl (C=S) groups is 1. The van der Waals surface area contributed by atoms with Crippen molar-refractivity contribution in [3.05, 3.63) is 71.2 Å². The first-order valence-corrected chi connectivity index (χ1v) is 10.8. The lowest BCUT2D eigenvalue weighted by Crippen LogP contribution is -2.19. The summed E-state index contributed by atoms with van der Waals surface area (Å²) in [5.41, 5.74) is 2.06. The number of nitrogens with one attached hydrogen (secondary N) is 3. The number of methoxy groups -OCH3 is 2. The van der Waals surface area contributed by atoms with E-state index in [9.17, 15) is 9.59 Å². The summed E-state index contributed by atoms with van der Waals surface area (Å²) in [6, 6.07) is 16.7. The topological polar surface area (TPSA) is 97.9 Å². The first kappa shape index (κ1) is 24.8. The molecule has 0 saturated carbocycles. The maximum Gasteiger partial charge on any atom is 0.308 e. The van der Waals surface area contributed by atoms with Crippen molar-refractivity contribution >= 4 is 57.9 Å². The number of hydrogen-bond acceptors (Lipinski definition) is 6. The SMILES string of the molecule is COc1cc(OC)c(NC(=S)Nc2ccc(NC(=O)c3ccccc3OC(C)=O)cc2)cc1Cl. The van der Waals surface area contributed by atoms with E-state index in [1.807, 2.05) is 0 Å². The van der Waals surface area contributed by atoms with Crippen LogP contribution in [-0.4, -0.2) is 31.2 Å². The van der Waals surface area contributed by atoms with E-state index in [-0.39, 0.29) is 11.3 Å². The Kier molecular flexibility index (Phi) is 8.29. The molecule has 3 aromatic rings. The molecule has 3 rings (SSSR count). The molecule has 0 fully saturated rings. The third-order valence-electron chi connectivity index (χ3n) is 4.51. The second-order valence-electron chi connectivity index (χ2n) is 6.89. The summed E-state index contributed by atoms with van der Waals surface area (Å²) in [6.45, 7) is 1.28. The van der Waals surface area contributed by atoms with Crippen molar-refractivity contribution < 1.29 is 23.8 Å². The summed E-state index contributed by atoms with van der Waals surface area (Å²) in [5.74, 6) is 0.276. The van der Waals surface area contributed by atoms with Crippen molar-refractivity contribution in [3.63, 3.8) is 0 Å². The van der Waals surface area contributed by atoms with E-state index in [1.165, 1.54) is 21.1 Å². The van der Waals surface area contributed by atoms with Gasteiger partial charge in [0.05, 0.1) is 30.5 Å². The van der Waals surface area contributed by atoms with Gasteiger partial charge in [0.2, 0.25) is 0 Å². The molecule has 1 amide bonds. The molecule has 0 aliphatic rings. The number of rotatable bonds is 7. The normalized spacial score (nSPS) is 10.1. The van der Waals surface area contributed by atoms with Crippen LogP contribution in [-0.2, 0) is 4.79 Å². The van der Waals surface area contributed by atoms with Gasteiger partial charge in [0.15, 0.2) is 5.11 Å². The summed E-state index contributed by atoms with van der Waals surface area (Å²) in [6.07, 6.45) is 0. The van der Waals surface area contributed by atoms with Crippen LogP contribution in [0.2, 0.25) is 5.02 Å². The Morgan fingerprint density at radius 2 is 1.44 bits per heavy atom. The Morgan fingerprint density at radius 1 is 0.824 bits per heavy atom. The third kappa shape index (κ3) is 6.37. The van der Waals surface area contributed by atoms with Crippen LogP contribution in [0.4, 0.5) is 17.1 Å². The molecule has 0 atom stereocenters. The van der Waals surface area contributed by atoms with Crippen molar-refractivity contribution in [1.29, 1.82) is 0 Å². The van der Waals surface area contributed by atoms with E-state index in [4.69, 9.17) is 38.0 Å². The molecule has 10 heteroatoms. The highest BCUT2D eigenvalue weighted by Crippen LogP contribution is 2.36. The van der Waals surface area contributed by atoms with Crippen LogP contribution in [0.15, 0.2) is 60.7 Å². The van der Waals surface area contributed by atoms with Gasteiger partial charge in [-0.1, -0.05) is 23.7 Å². The second-order valence-corrected chi connectivity index (χ2v) is 7.70. The molecule has 0 heterocycles. The highest BCUT2D eigenvalue weighted by atomic mass is 35.5. The van der Waals surface area contributed by atoms with Gasteiger partial charge in [-0.25, -0.2) is 0 Å². The average Bonchev–Trinajstić information content (AvgIpc) is 2.80. The van der Waals surface area contributed by atoms with Gasteiger partial charge in [-0.05, 0) is 54.7 Å². The fourth-order valence-electron chi connectivity index (χ4n) is 2.98. The van der Waals surface area contributed by atoms with E-state index in [2.05, 4.69) is 16.0 Å². The predicted molar refractivity (Wildman–Crippen MR) is 137 cm³/mol. The molecule has 3 aromatic carbocycles. The maximum absolute atomic E-state index is 12.6. The largest absolute Gasteiger partial charge is 0.495 e. The van der Waals surface area contributed by atoms with Crippen LogP contribution in [0.1, 0.15) is 17.3 Å². The summed E-state index contributed by atoms with van der Waals surface area (Å²) in [5, 5.41) is 9.58. The summed E-state index contributed by atoms with van der Waals surface area (Å²) >= 11 is 11.6. The summed E-state index contributed by atoms with van der Waals surface area (Å²) < 4.78 is 15.6. The van der Waals surface area contributed by atoms with Crippen LogP contribution >= 0.6 is 23.8 Å². The van der Waals surface area contributed by atoms with Crippen molar-refractivity contribution in [2.75, 3.05) is 30.2 Å². The number of benzene rings is 3. The highest BCUT2D eigenvalue weighted by Gasteiger charge is 2.14. The molecular weight excluding hydrogens is 478 g/mol. The van der Waals surface area contributed by atoms with Gasteiger partial charge in [-0.3, -0.25) is 9.59 Å². The van der Waals surface area contributed by atoms with Gasteiger partial charge in [0.25, 0.3) is 5.91 Å². The fraction of sp³-hybridized carbons (Fsp3) is 0.125. The molecule has 0 spiro atoms. The minimum absolute atomic E-state index is 0.191. The van der Waals surface area contributed by atoms with Gasteiger partial charge in [0.1, 0.15) is 17.2 Å². The van der Waals surface area contributed by atoms with E-state index in [1.54, 1.807) is 60.7 Å². The van der Waals surface area contributed by atoms with Gasteiger partial charge >= 0.3 is 5.97 Å². The Balaban J connectivity index is 1.64. The van der Waals surface area contributed by atoms with E-state index in [0.29, 0.717) is 38.7 Å². The number of para-hydroxylation sites is 1. The number of hydrogen-bond donors (Lipinski definition) is 3. The van der Waals surface area contributed by atoms with Crippen molar-refractivity contribution in [3.8, 4) is 17.2 Å². The zero-order chi connectivity index (χ0) is 24.7. The minimum Gasteiger partial charge on any atom is -0.495 e. The molecule has 34 heavy (non-hydrogen) atoms. The van der Waals surface area contributed by atoms with E-state index in [0.717, 1.165) is 0 Å². The lowest BCUT2D eigenvalue weighted by atomic mass is 10.2. The molecule has 0 unspecified atom stereocenters. The third-order valence-corrected chi connectivity index (χ3v) is 5.01. The number of halogens is 1. The van der Waals surface area contributed by atoms with Crippen molar-refractivity contribution in [2.24, 2.45) is 0 Å². The van der Waals surface area contributed by atoms with E-state index >= 15 is 0 Å². The number of carbonyl (C=O) groups is 2. The molecular formula is C24H22ClN3O5S. The standard InChI is InChI=1S/C24H22ClN3O5S/c1-14(29)33-20-7-5-4-6-17(20)23(30)26-15-8-10-16(11-9-15)27-24(34)28-19-12-18(25)21(31-2)13-22(19)32-3/h4-13H,1-3H3,(H,26,30)(H2,27,28,34). The molecule has 0 aliphatic heterocycles. The lowest BCUT2D eigenvalue weighted by Gasteiger charge is -2.15. The number of carbonyl (C=O) groups excluding carboxylic acids is 2. The Hall–Kier alpha value is -3.82. The molecule has 0 radical (unpaired) electrons. The quantitative estimate of drug-likeness (QED) is 0.227. The number of anilines is 3. The molecule has 176 valence electrons. The van der Waals surface area contributed by atoms with Crippen LogP contribution in [0.3, 0.4) is 0 Å². The monoisotopic (exact) mass is 499 g/mol. The van der Waals surface area contributed by atoms with Crippen molar-refractivity contribution in [2.45, 2.75) is 6.92 Å². The zero-order valence-corrected chi connectivity index (χ0v) is 20.2. The average molecular weight is 500 g/mol. The second kappa shape index (κ2) is 11.4. The Labute approximate surface area is 207 Å². The Morgan fingerprint density at radius 3 is 2.06 bits per heavy atom. The van der Waals surface area contributed by atoms with Crippen LogP contribution < -0.4 is 30.2 Å². The predicted octanol–water partition coefficient (Wildman–Crippen LogP) is 5.34. The van der Waals surface area contributed by atoms with Gasteiger partial charge in [0, 0.05) is 24.4 Å². The van der Waals surface area contributed by atoms with E-state index < -0.39 is 11.9 Å². The first-order chi connectivity index (χ1) is 16.3. The number of ether oxygens (including phenoxy) is 3. The molecule has 8 nitrogen and oxygen atoms in total. The minimum atomic E-state index is -0.505. The van der Waals surface area contributed by atoms with Crippen LogP contribution in [0, 0.1) is 0 Å². The summed E-state index contributed by atoms with van der Waals surface area (Å²) in [7, 11) is 3.05. The molecule has 3 N–H and O–H groups in total. The first-order valence-electron chi connectivity index (χ1n) is 9.99. The van der Waals surface area contributed by atoms with Gasteiger partial charge in [-0.2, -0.15) is 0 Å². The smallest absolute Gasteiger partial charge is 0.308 e. The fourth-order valence-corrected chi connectivity index (χ4v) is 3.44. The number of esters is 1. The maximum atomic E-state index is 12.6. The van der Waals surface area contributed by atoms with Crippen LogP contribution in [0.25, 0.3) is 0 Å². The molecule has 0 aliphatic carbocycles. The summed E-state index contributed by atoms with van der Waals surface area (Å²) in [4.78, 5) is 23.9. The molecule has 0 aromatic heterocycles. The zero-order valence-electron chi connectivity index (χ0n) is 18.6. The lowest BCUT2D eigenvalue weighted by molar-refractivity contribution is -0.131. The highest BCUT2D eigenvalue weighted by molar-refractivity contribution is 7.80. The number of amides is 1.